The number of carbonyl (C=O) groups excluding carboxylic acids is 1. The van der Waals surface area contributed by atoms with Crippen molar-refractivity contribution in [3.05, 3.63) is 17.5 Å². The fourth-order valence-electron chi connectivity index (χ4n) is 2.46. The molecule has 0 radical (unpaired) electrons. The Hall–Kier alpha value is -1.36. The summed E-state index contributed by atoms with van der Waals surface area (Å²) in [5.74, 6) is 0.697. The van der Waals surface area contributed by atoms with Crippen molar-refractivity contribution < 1.29 is 4.79 Å². The van der Waals surface area contributed by atoms with Crippen LogP contribution in [0.3, 0.4) is 0 Å². The summed E-state index contributed by atoms with van der Waals surface area (Å²) in [6.45, 7) is 3.67. The third kappa shape index (κ3) is 2.41. The van der Waals surface area contributed by atoms with Crippen molar-refractivity contribution in [2.45, 2.75) is 25.2 Å². The molecule has 2 heterocycles. The van der Waals surface area contributed by atoms with Gasteiger partial charge in [-0.3, -0.25) is 9.89 Å². The maximum Gasteiger partial charge on any atom is 0.274 e. The summed E-state index contributed by atoms with van der Waals surface area (Å²) in [5, 5.41) is 7.18. The number of nitrogens with one attached hydrogen (secondary N) is 1. The van der Waals surface area contributed by atoms with Crippen molar-refractivity contribution >= 4 is 5.91 Å². The first kappa shape index (κ1) is 11.7. The molecule has 2 fully saturated rings. The van der Waals surface area contributed by atoms with Crippen LogP contribution in [0.1, 0.15) is 41.4 Å². The van der Waals surface area contributed by atoms with Crippen LogP contribution in [0.2, 0.25) is 0 Å². The zero-order valence-corrected chi connectivity index (χ0v) is 10.9. The molecule has 1 aliphatic carbocycles. The van der Waals surface area contributed by atoms with E-state index in [2.05, 4.69) is 22.1 Å². The number of rotatable bonds is 2. The van der Waals surface area contributed by atoms with Crippen LogP contribution in [-0.2, 0) is 0 Å². The summed E-state index contributed by atoms with van der Waals surface area (Å²) in [6, 6.07) is 1.94. The Labute approximate surface area is 107 Å². The molecule has 98 valence electrons. The highest BCUT2D eigenvalue weighted by atomic mass is 16.2. The van der Waals surface area contributed by atoms with Crippen LogP contribution in [0.15, 0.2) is 6.07 Å². The summed E-state index contributed by atoms with van der Waals surface area (Å²) in [5.41, 5.74) is 1.71. The van der Waals surface area contributed by atoms with Crippen molar-refractivity contribution in [1.29, 1.82) is 0 Å². The van der Waals surface area contributed by atoms with Crippen LogP contribution >= 0.6 is 0 Å². The molecule has 0 unspecified atom stereocenters. The second kappa shape index (κ2) is 4.72. The maximum atomic E-state index is 12.3. The monoisotopic (exact) mass is 248 g/mol. The molecular weight excluding hydrogens is 228 g/mol. The first-order chi connectivity index (χ1) is 8.74. The normalized spacial score (nSPS) is 21.9. The van der Waals surface area contributed by atoms with Crippen LogP contribution in [0, 0.1) is 0 Å². The predicted molar refractivity (Wildman–Crippen MR) is 68.6 cm³/mol. The second-order valence-electron chi connectivity index (χ2n) is 5.43. The van der Waals surface area contributed by atoms with Gasteiger partial charge < -0.3 is 9.80 Å². The lowest BCUT2D eigenvalue weighted by Gasteiger charge is -2.19. The lowest BCUT2D eigenvalue weighted by molar-refractivity contribution is 0.0757. The van der Waals surface area contributed by atoms with E-state index < -0.39 is 0 Å². The van der Waals surface area contributed by atoms with Gasteiger partial charge in [0.1, 0.15) is 5.69 Å². The van der Waals surface area contributed by atoms with Gasteiger partial charge in [-0.1, -0.05) is 0 Å². The minimum Gasteiger partial charge on any atom is -0.336 e. The fraction of sp³-hybridized carbons (Fsp3) is 0.692. The van der Waals surface area contributed by atoms with Crippen LogP contribution in [0.4, 0.5) is 0 Å². The highest BCUT2D eigenvalue weighted by Crippen LogP contribution is 2.39. The highest BCUT2D eigenvalue weighted by Gasteiger charge is 2.27. The second-order valence-corrected chi connectivity index (χ2v) is 5.43. The van der Waals surface area contributed by atoms with Gasteiger partial charge in [0.25, 0.3) is 5.91 Å². The topological polar surface area (TPSA) is 52.2 Å². The summed E-state index contributed by atoms with van der Waals surface area (Å²) >= 11 is 0. The van der Waals surface area contributed by atoms with Gasteiger partial charge in [-0.15, -0.1) is 0 Å². The molecule has 1 saturated heterocycles. The van der Waals surface area contributed by atoms with Gasteiger partial charge in [-0.05, 0) is 38.9 Å². The lowest BCUT2D eigenvalue weighted by atomic mass is 10.2. The van der Waals surface area contributed by atoms with E-state index in [0.29, 0.717) is 11.6 Å². The molecule has 0 spiro atoms. The van der Waals surface area contributed by atoms with Gasteiger partial charge in [-0.2, -0.15) is 5.10 Å². The molecule has 2 aliphatic rings. The van der Waals surface area contributed by atoms with Crippen molar-refractivity contribution in [2.75, 3.05) is 33.2 Å². The molecule has 1 aromatic rings. The number of hydrogen-bond donors (Lipinski definition) is 1. The van der Waals surface area contributed by atoms with Crippen molar-refractivity contribution in [3.63, 3.8) is 0 Å². The molecule has 5 nitrogen and oxygen atoms in total. The molecule has 0 bridgehead atoms. The molecule has 18 heavy (non-hydrogen) atoms. The quantitative estimate of drug-likeness (QED) is 0.851. The predicted octanol–water partition coefficient (Wildman–Crippen LogP) is 1.06. The van der Waals surface area contributed by atoms with Crippen molar-refractivity contribution in [1.82, 2.24) is 20.0 Å². The lowest BCUT2D eigenvalue weighted by Crippen LogP contribution is -2.34. The molecule has 1 aliphatic heterocycles. The minimum absolute atomic E-state index is 0.0773. The van der Waals surface area contributed by atoms with Crippen molar-refractivity contribution in [3.8, 4) is 0 Å². The SMILES string of the molecule is CN1CCCN(C(=O)c2cc(C3CC3)[nH]n2)CC1. The fourth-order valence-corrected chi connectivity index (χ4v) is 2.46. The Morgan fingerprint density at radius 1 is 1.33 bits per heavy atom. The molecule has 0 atom stereocenters. The van der Waals surface area contributed by atoms with E-state index in [0.717, 1.165) is 38.3 Å². The number of carbonyl (C=O) groups is 1. The Kier molecular flexibility index (Phi) is 3.07. The number of H-pyrrole nitrogens is 1. The first-order valence-corrected chi connectivity index (χ1v) is 6.77. The van der Waals surface area contributed by atoms with E-state index in [1.54, 1.807) is 0 Å². The summed E-state index contributed by atoms with van der Waals surface area (Å²) in [4.78, 5) is 16.5. The Morgan fingerprint density at radius 2 is 2.17 bits per heavy atom. The van der Waals surface area contributed by atoms with Crippen LogP contribution in [-0.4, -0.2) is 59.1 Å². The van der Waals surface area contributed by atoms with E-state index in [9.17, 15) is 4.79 Å². The van der Waals surface area contributed by atoms with E-state index in [-0.39, 0.29) is 5.91 Å². The Balaban J connectivity index is 1.68. The number of nitrogens with zero attached hydrogens (tertiary/aromatic N) is 3. The number of hydrogen-bond acceptors (Lipinski definition) is 3. The van der Waals surface area contributed by atoms with Gasteiger partial charge in [0.05, 0.1) is 0 Å². The van der Waals surface area contributed by atoms with Gasteiger partial charge in [-0.25, -0.2) is 0 Å². The summed E-state index contributed by atoms with van der Waals surface area (Å²) in [7, 11) is 2.10. The van der Waals surface area contributed by atoms with E-state index in [1.165, 1.54) is 12.8 Å². The van der Waals surface area contributed by atoms with Crippen LogP contribution < -0.4 is 0 Å². The smallest absolute Gasteiger partial charge is 0.274 e. The molecule has 1 aromatic heterocycles. The average Bonchev–Trinajstić information content (AvgIpc) is 3.14. The standard InChI is InChI=1S/C13H20N4O/c1-16-5-2-6-17(8-7-16)13(18)12-9-11(14-15-12)10-3-4-10/h9-10H,2-8H2,1H3,(H,14,15). The third-order valence-corrected chi connectivity index (χ3v) is 3.84. The average molecular weight is 248 g/mol. The Morgan fingerprint density at radius 3 is 2.94 bits per heavy atom. The molecule has 3 rings (SSSR count). The van der Waals surface area contributed by atoms with Crippen LogP contribution in [0.5, 0.6) is 0 Å². The number of aromatic amines is 1. The maximum absolute atomic E-state index is 12.3. The zero-order chi connectivity index (χ0) is 12.5. The molecule has 1 saturated carbocycles. The molecule has 1 amide bonds. The van der Waals surface area contributed by atoms with E-state index >= 15 is 0 Å². The van der Waals surface area contributed by atoms with Gasteiger partial charge in [0.2, 0.25) is 0 Å². The van der Waals surface area contributed by atoms with E-state index in [1.807, 2.05) is 11.0 Å². The molecule has 1 N–H and O–H groups in total. The third-order valence-electron chi connectivity index (χ3n) is 3.84. The summed E-state index contributed by atoms with van der Waals surface area (Å²) in [6.07, 6.45) is 3.50. The minimum atomic E-state index is 0.0773. The largest absolute Gasteiger partial charge is 0.336 e. The van der Waals surface area contributed by atoms with Crippen LogP contribution in [0.25, 0.3) is 0 Å². The molecule has 5 heteroatoms. The first-order valence-electron chi connectivity index (χ1n) is 6.77. The number of amides is 1. The van der Waals surface area contributed by atoms with Gasteiger partial charge in [0, 0.05) is 31.2 Å². The molecular formula is C13H20N4O. The summed E-state index contributed by atoms with van der Waals surface area (Å²) < 4.78 is 0. The molecule has 0 aromatic carbocycles. The number of likely N-dealkylation sites (N-methyl/N-ethyl adjacent to an activating group) is 1. The highest BCUT2D eigenvalue weighted by molar-refractivity contribution is 5.92. The Bertz CT molecular complexity index is 438. The number of aromatic nitrogens is 2. The van der Waals surface area contributed by atoms with E-state index in [4.69, 9.17) is 0 Å². The van der Waals surface area contributed by atoms with Crippen molar-refractivity contribution in [2.24, 2.45) is 0 Å². The zero-order valence-electron chi connectivity index (χ0n) is 10.9. The van der Waals surface area contributed by atoms with Gasteiger partial charge >= 0.3 is 0 Å². The van der Waals surface area contributed by atoms with Gasteiger partial charge in [0.15, 0.2) is 0 Å².